The number of esters is 1. The first-order valence-electron chi connectivity index (χ1n) is 10.0. The van der Waals surface area contributed by atoms with Crippen molar-refractivity contribution in [2.24, 2.45) is 11.8 Å². The Balaban J connectivity index is 1.48. The fourth-order valence-corrected chi connectivity index (χ4v) is 5.28. The van der Waals surface area contributed by atoms with Gasteiger partial charge in [0.2, 0.25) is 5.91 Å². The number of anilines is 1. The van der Waals surface area contributed by atoms with Crippen LogP contribution >= 0.6 is 11.3 Å². The molecule has 0 aromatic carbocycles. The van der Waals surface area contributed by atoms with Crippen molar-refractivity contribution in [2.75, 3.05) is 5.32 Å². The van der Waals surface area contributed by atoms with Crippen molar-refractivity contribution in [3.63, 3.8) is 0 Å². The van der Waals surface area contributed by atoms with Crippen LogP contribution in [0.2, 0.25) is 0 Å². The number of nitrogens with zero attached hydrogens (tertiary/aromatic N) is 1. The Hall–Kier alpha value is -1.87. The summed E-state index contributed by atoms with van der Waals surface area (Å²) in [5, 5.41) is 12.9. The average molecular weight is 389 g/mol. The molecular formula is C21H28N2O3S. The van der Waals surface area contributed by atoms with Crippen molar-refractivity contribution in [2.45, 2.75) is 77.7 Å². The average Bonchev–Trinajstić information content (AvgIpc) is 3.00. The van der Waals surface area contributed by atoms with Gasteiger partial charge >= 0.3 is 5.97 Å². The van der Waals surface area contributed by atoms with Gasteiger partial charge in [0.15, 0.2) is 0 Å². The minimum Gasteiger partial charge on any atom is -0.462 e. The molecule has 0 spiro atoms. The molecule has 3 atom stereocenters. The number of fused-ring (bicyclic) bond motifs is 1. The van der Waals surface area contributed by atoms with Gasteiger partial charge in [-0.2, -0.15) is 5.26 Å². The summed E-state index contributed by atoms with van der Waals surface area (Å²) < 4.78 is 5.55. The third-order valence-electron chi connectivity index (χ3n) is 5.94. The van der Waals surface area contributed by atoms with Crippen molar-refractivity contribution < 1.29 is 14.3 Å². The summed E-state index contributed by atoms with van der Waals surface area (Å²) in [5.74, 6) is 0.710. The van der Waals surface area contributed by atoms with E-state index in [1.807, 2.05) is 0 Å². The minimum absolute atomic E-state index is 0.0130. The number of rotatable bonds is 5. The summed E-state index contributed by atoms with van der Waals surface area (Å²) in [5.41, 5.74) is 1.71. The first-order valence-corrected chi connectivity index (χ1v) is 10.8. The third-order valence-corrected chi connectivity index (χ3v) is 7.15. The van der Waals surface area contributed by atoms with Gasteiger partial charge in [0.05, 0.1) is 12.0 Å². The fourth-order valence-electron chi connectivity index (χ4n) is 4.03. The molecule has 27 heavy (non-hydrogen) atoms. The second kappa shape index (κ2) is 8.88. The van der Waals surface area contributed by atoms with Crippen molar-refractivity contribution in [1.82, 2.24) is 0 Å². The summed E-state index contributed by atoms with van der Waals surface area (Å²) in [7, 11) is 0. The normalized spacial score (nSPS) is 24.6. The number of carbonyl (C=O) groups is 2. The maximum absolute atomic E-state index is 12.3. The largest absolute Gasteiger partial charge is 0.462 e. The number of hydrogen-bond donors (Lipinski definition) is 1. The molecule has 0 saturated heterocycles. The van der Waals surface area contributed by atoms with Crippen LogP contribution in [0.3, 0.4) is 0 Å². The van der Waals surface area contributed by atoms with E-state index in [1.165, 1.54) is 16.2 Å². The standard InChI is InChI=1S/C21H28N2O3S/c1-13-7-8-15(11-14(13)2)26-20(25)10-9-19(24)23-21-17(12-22)16-5-3-4-6-18(16)27-21/h13-15H,3-11H2,1-2H3,(H,23,24)/t13-,14+,15-/m1/s1. The van der Waals surface area contributed by atoms with Gasteiger partial charge in [-0.15, -0.1) is 11.3 Å². The molecule has 2 aliphatic rings. The second-order valence-corrected chi connectivity index (χ2v) is 9.06. The summed E-state index contributed by atoms with van der Waals surface area (Å²) in [6.07, 6.45) is 7.18. The van der Waals surface area contributed by atoms with Crippen LogP contribution in [-0.2, 0) is 27.2 Å². The van der Waals surface area contributed by atoms with E-state index >= 15 is 0 Å². The number of nitrogens with one attached hydrogen (secondary N) is 1. The Morgan fingerprint density at radius 1 is 1.19 bits per heavy atom. The van der Waals surface area contributed by atoms with Crippen molar-refractivity contribution in [3.05, 3.63) is 16.0 Å². The van der Waals surface area contributed by atoms with Crippen LogP contribution in [0.1, 0.15) is 74.8 Å². The number of hydrogen-bond acceptors (Lipinski definition) is 5. The molecule has 146 valence electrons. The molecule has 1 aromatic heterocycles. The molecule has 1 N–H and O–H groups in total. The van der Waals surface area contributed by atoms with Gasteiger partial charge in [-0.3, -0.25) is 9.59 Å². The molecule has 5 nitrogen and oxygen atoms in total. The van der Waals surface area contributed by atoms with Crippen molar-refractivity contribution in [1.29, 1.82) is 5.26 Å². The van der Waals surface area contributed by atoms with E-state index in [4.69, 9.17) is 4.74 Å². The van der Waals surface area contributed by atoms with Crippen LogP contribution in [0.5, 0.6) is 0 Å². The molecular weight excluding hydrogens is 360 g/mol. The summed E-state index contributed by atoms with van der Waals surface area (Å²) >= 11 is 1.51. The Bertz CT molecular complexity index is 749. The zero-order valence-electron chi connectivity index (χ0n) is 16.2. The lowest BCUT2D eigenvalue weighted by molar-refractivity contribution is -0.152. The van der Waals surface area contributed by atoms with Crippen LogP contribution in [0.4, 0.5) is 5.00 Å². The molecule has 3 rings (SSSR count). The van der Waals surface area contributed by atoms with E-state index in [0.717, 1.165) is 50.5 Å². The van der Waals surface area contributed by atoms with Gasteiger partial charge in [-0.25, -0.2) is 0 Å². The van der Waals surface area contributed by atoms with Crippen LogP contribution in [0.25, 0.3) is 0 Å². The predicted octanol–water partition coefficient (Wildman–Crippen LogP) is 4.59. The van der Waals surface area contributed by atoms with Gasteiger partial charge in [0.1, 0.15) is 17.2 Å². The lowest BCUT2D eigenvalue weighted by atomic mass is 9.80. The smallest absolute Gasteiger partial charge is 0.306 e. The maximum atomic E-state index is 12.3. The highest BCUT2D eigenvalue weighted by Crippen LogP contribution is 2.37. The third kappa shape index (κ3) is 4.90. The topological polar surface area (TPSA) is 79.2 Å². The molecule has 6 heteroatoms. The van der Waals surface area contributed by atoms with Gasteiger partial charge < -0.3 is 10.1 Å². The molecule has 0 radical (unpaired) electrons. The highest BCUT2D eigenvalue weighted by Gasteiger charge is 2.27. The van der Waals surface area contributed by atoms with E-state index in [2.05, 4.69) is 25.2 Å². The number of carbonyl (C=O) groups excluding carboxylic acids is 2. The summed E-state index contributed by atoms with van der Waals surface area (Å²) in [4.78, 5) is 25.6. The molecule has 0 unspecified atom stereocenters. The Labute approximate surface area is 165 Å². The first-order chi connectivity index (χ1) is 13.0. The van der Waals surface area contributed by atoms with Gasteiger partial charge in [0.25, 0.3) is 0 Å². The highest BCUT2D eigenvalue weighted by molar-refractivity contribution is 7.16. The van der Waals surface area contributed by atoms with Crippen LogP contribution in [0.15, 0.2) is 0 Å². The molecule has 0 aliphatic heterocycles. The van der Waals surface area contributed by atoms with E-state index < -0.39 is 0 Å². The molecule has 1 aromatic rings. The van der Waals surface area contributed by atoms with Gasteiger partial charge in [-0.05, 0) is 62.3 Å². The van der Waals surface area contributed by atoms with Crippen molar-refractivity contribution in [3.8, 4) is 6.07 Å². The van der Waals surface area contributed by atoms with E-state index in [-0.39, 0.29) is 30.8 Å². The number of aryl methyl sites for hydroxylation is 1. The molecule has 1 heterocycles. The number of amides is 1. The molecule has 0 bridgehead atoms. The molecule has 1 amide bonds. The van der Waals surface area contributed by atoms with Crippen LogP contribution in [0, 0.1) is 23.2 Å². The molecule has 1 saturated carbocycles. The zero-order valence-corrected chi connectivity index (χ0v) is 17.0. The maximum Gasteiger partial charge on any atom is 0.306 e. The lowest BCUT2D eigenvalue weighted by Gasteiger charge is -2.31. The monoisotopic (exact) mass is 388 g/mol. The van der Waals surface area contributed by atoms with E-state index in [9.17, 15) is 14.9 Å². The highest BCUT2D eigenvalue weighted by atomic mass is 32.1. The zero-order chi connectivity index (χ0) is 19.4. The quantitative estimate of drug-likeness (QED) is 0.749. The molecule has 1 fully saturated rings. The predicted molar refractivity (Wildman–Crippen MR) is 106 cm³/mol. The minimum atomic E-state index is -0.303. The fraction of sp³-hybridized carbons (Fsp3) is 0.667. The van der Waals surface area contributed by atoms with Gasteiger partial charge in [0, 0.05) is 11.3 Å². The number of nitriles is 1. The Morgan fingerprint density at radius 2 is 1.96 bits per heavy atom. The second-order valence-electron chi connectivity index (χ2n) is 7.95. The molecule has 2 aliphatic carbocycles. The number of ether oxygens (including phenoxy) is 1. The van der Waals surface area contributed by atoms with E-state index in [0.29, 0.717) is 22.4 Å². The van der Waals surface area contributed by atoms with Gasteiger partial charge in [-0.1, -0.05) is 13.8 Å². The Kier molecular flexibility index (Phi) is 6.54. The Morgan fingerprint density at radius 3 is 2.70 bits per heavy atom. The van der Waals surface area contributed by atoms with E-state index in [1.54, 1.807) is 0 Å². The van der Waals surface area contributed by atoms with Crippen molar-refractivity contribution >= 4 is 28.2 Å². The lowest BCUT2D eigenvalue weighted by Crippen LogP contribution is -2.29. The summed E-state index contributed by atoms with van der Waals surface area (Å²) in [6.45, 7) is 4.44. The van der Waals surface area contributed by atoms with Crippen LogP contribution in [-0.4, -0.2) is 18.0 Å². The van der Waals surface area contributed by atoms with Crippen LogP contribution < -0.4 is 5.32 Å². The number of thiophene rings is 1. The first kappa shape index (κ1) is 19.9. The SMILES string of the molecule is C[C@@H]1CC[C@@H](OC(=O)CCC(=O)Nc2sc3c(c2C#N)CCCC3)C[C@@H]1C. The summed E-state index contributed by atoms with van der Waals surface area (Å²) in [6, 6.07) is 2.24.